The van der Waals surface area contributed by atoms with E-state index in [-0.39, 0.29) is 12.5 Å². The van der Waals surface area contributed by atoms with E-state index in [9.17, 15) is 13.2 Å². The summed E-state index contributed by atoms with van der Waals surface area (Å²) in [4.78, 5) is 14.3. The molecular weight excluding hydrogens is 340 g/mol. The number of amides is 1. The number of para-hydroxylation sites is 2. The molecule has 1 unspecified atom stereocenters. The Bertz CT molecular complexity index is 690. The van der Waals surface area contributed by atoms with Crippen molar-refractivity contribution < 1.29 is 17.9 Å². The van der Waals surface area contributed by atoms with E-state index >= 15 is 0 Å². The zero-order valence-corrected chi connectivity index (χ0v) is 16.1. The minimum atomic E-state index is -3.45. The molecule has 1 aromatic rings. The lowest BCUT2D eigenvalue weighted by Crippen LogP contribution is -2.39. The molecular formula is C18H28N2O4S. The smallest absolute Gasteiger partial charge is 0.232 e. The van der Waals surface area contributed by atoms with Gasteiger partial charge in [0, 0.05) is 26.1 Å². The van der Waals surface area contributed by atoms with Crippen molar-refractivity contribution in [3.63, 3.8) is 0 Å². The highest BCUT2D eigenvalue weighted by Crippen LogP contribution is 2.29. The number of ether oxygens (including phenoxy) is 1. The highest BCUT2D eigenvalue weighted by molar-refractivity contribution is 7.92. The Hall–Kier alpha value is -1.76. The van der Waals surface area contributed by atoms with Crippen LogP contribution in [-0.2, 0) is 14.8 Å². The van der Waals surface area contributed by atoms with E-state index in [1.807, 2.05) is 4.90 Å². The monoisotopic (exact) mass is 368 g/mol. The van der Waals surface area contributed by atoms with Gasteiger partial charge in [-0.1, -0.05) is 19.1 Å². The first-order valence-corrected chi connectivity index (χ1v) is 10.6. The number of methoxy groups -OCH3 is 1. The zero-order valence-electron chi connectivity index (χ0n) is 15.3. The van der Waals surface area contributed by atoms with Gasteiger partial charge in [-0.2, -0.15) is 0 Å². The second-order valence-electron chi connectivity index (χ2n) is 6.70. The second-order valence-corrected chi connectivity index (χ2v) is 8.60. The fourth-order valence-corrected chi connectivity index (χ4v) is 4.22. The maximum atomic E-state index is 12.4. The Morgan fingerprint density at radius 2 is 2.08 bits per heavy atom. The fraction of sp³-hybridized carbons (Fsp3) is 0.611. The number of anilines is 1. The fourth-order valence-electron chi connectivity index (χ4n) is 3.25. The van der Waals surface area contributed by atoms with Crippen molar-refractivity contribution in [3.8, 4) is 5.75 Å². The molecule has 7 heteroatoms. The van der Waals surface area contributed by atoms with E-state index in [1.54, 1.807) is 24.3 Å². The molecule has 25 heavy (non-hydrogen) atoms. The average molecular weight is 368 g/mol. The summed E-state index contributed by atoms with van der Waals surface area (Å²) in [6.07, 6.45) is 4.22. The molecule has 1 aliphatic heterocycles. The third kappa shape index (κ3) is 5.36. The number of likely N-dealkylation sites (tertiary alicyclic amines) is 1. The third-order valence-electron chi connectivity index (χ3n) is 4.52. The summed E-state index contributed by atoms with van der Waals surface area (Å²) < 4.78 is 31.0. The molecule has 0 radical (unpaired) electrons. The van der Waals surface area contributed by atoms with E-state index in [0.717, 1.165) is 19.5 Å². The number of sulfonamides is 1. The minimum absolute atomic E-state index is 0.111. The van der Waals surface area contributed by atoms with Gasteiger partial charge < -0.3 is 9.64 Å². The molecule has 1 saturated heterocycles. The second kappa shape index (κ2) is 8.56. The molecule has 1 atom stereocenters. The first-order chi connectivity index (χ1) is 11.8. The van der Waals surface area contributed by atoms with Crippen LogP contribution < -0.4 is 9.04 Å². The molecule has 0 aliphatic carbocycles. The number of hydrogen-bond acceptors (Lipinski definition) is 4. The lowest BCUT2D eigenvalue weighted by molar-refractivity contribution is -0.132. The Morgan fingerprint density at radius 1 is 1.36 bits per heavy atom. The molecule has 1 amide bonds. The van der Waals surface area contributed by atoms with E-state index in [2.05, 4.69) is 6.92 Å². The third-order valence-corrected chi connectivity index (χ3v) is 5.70. The topological polar surface area (TPSA) is 66.9 Å². The lowest BCUT2D eigenvalue weighted by atomic mass is 10.00. The number of benzene rings is 1. The standard InChI is InChI=1S/C18H28N2O4S/c1-15-8-6-12-19(14-15)18(21)11-7-13-20(25(3,22)23)16-9-4-5-10-17(16)24-2/h4-5,9-10,15H,6-8,11-14H2,1-3H3. The maximum Gasteiger partial charge on any atom is 0.232 e. The Morgan fingerprint density at radius 3 is 2.72 bits per heavy atom. The molecule has 0 spiro atoms. The Kier molecular flexibility index (Phi) is 6.70. The van der Waals surface area contributed by atoms with Crippen molar-refractivity contribution in [1.82, 2.24) is 4.90 Å². The van der Waals surface area contributed by atoms with Crippen LogP contribution in [0.1, 0.15) is 32.6 Å². The number of hydrogen-bond donors (Lipinski definition) is 0. The van der Waals surface area contributed by atoms with Gasteiger partial charge in [-0.3, -0.25) is 9.10 Å². The number of carbonyl (C=O) groups is 1. The SMILES string of the molecule is COc1ccccc1N(CCCC(=O)N1CCCC(C)C1)S(C)(=O)=O. The lowest BCUT2D eigenvalue weighted by Gasteiger charge is -2.31. The molecule has 140 valence electrons. The van der Waals surface area contributed by atoms with Gasteiger partial charge in [0.2, 0.25) is 15.9 Å². The molecule has 1 fully saturated rings. The van der Waals surface area contributed by atoms with Crippen molar-refractivity contribution in [2.75, 3.05) is 37.3 Å². The summed E-state index contributed by atoms with van der Waals surface area (Å²) in [5.41, 5.74) is 0.506. The van der Waals surface area contributed by atoms with Crippen LogP contribution in [0.4, 0.5) is 5.69 Å². The van der Waals surface area contributed by atoms with Crippen LogP contribution in [0.5, 0.6) is 5.75 Å². The molecule has 0 saturated carbocycles. The first kappa shape index (κ1) is 19.6. The van der Waals surface area contributed by atoms with Crippen LogP contribution >= 0.6 is 0 Å². The van der Waals surface area contributed by atoms with Crippen LogP contribution in [0.2, 0.25) is 0 Å². The molecule has 1 heterocycles. The maximum absolute atomic E-state index is 12.4. The van der Waals surface area contributed by atoms with Crippen LogP contribution in [0, 0.1) is 5.92 Å². The Balaban J connectivity index is 2.00. The van der Waals surface area contributed by atoms with E-state index in [4.69, 9.17) is 4.74 Å². The summed E-state index contributed by atoms with van der Waals surface area (Å²) in [6.45, 7) is 4.04. The van der Waals surface area contributed by atoms with Gasteiger partial charge >= 0.3 is 0 Å². The van der Waals surface area contributed by atoms with Gasteiger partial charge in [-0.15, -0.1) is 0 Å². The number of rotatable bonds is 7. The predicted molar refractivity (Wildman–Crippen MR) is 99.4 cm³/mol. The van der Waals surface area contributed by atoms with Gasteiger partial charge in [-0.05, 0) is 37.3 Å². The molecule has 2 rings (SSSR count). The van der Waals surface area contributed by atoms with E-state index in [0.29, 0.717) is 30.2 Å². The van der Waals surface area contributed by atoms with Gasteiger partial charge in [0.15, 0.2) is 0 Å². The first-order valence-electron chi connectivity index (χ1n) is 8.71. The quantitative estimate of drug-likeness (QED) is 0.742. The molecule has 1 aromatic carbocycles. The predicted octanol–water partition coefficient (Wildman–Crippen LogP) is 2.50. The summed E-state index contributed by atoms with van der Waals surface area (Å²) in [5.74, 6) is 1.16. The molecule has 1 aliphatic rings. The van der Waals surface area contributed by atoms with Crippen molar-refractivity contribution in [1.29, 1.82) is 0 Å². The van der Waals surface area contributed by atoms with Gasteiger partial charge in [0.1, 0.15) is 5.75 Å². The normalized spacial score (nSPS) is 18.0. The number of nitrogens with zero attached hydrogens (tertiary/aromatic N) is 2. The molecule has 0 bridgehead atoms. The average Bonchev–Trinajstić information content (AvgIpc) is 2.57. The highest BCUT2D eigenvalue weighted by Gasteiger charge is 2.23. The van der Waals surface area contributed by atoms with Crippen molar-refractivity contribution in [2.45, 2.75) is 32.6 Å². The summed E-state index contributed by atoms with van der Waals surface area (Å²) in [7, 11) is -1.94. The summed E-state index contributed by atoms with van der Waals surface area (Å²) >= 11 is 0. The number of piperidine rings is 1. The minimum Gasteiger partial charge on any atom is -0.495 e. The molecule has 0 N–H and O–H groups in total. The van der Waals surface area contributed by atoms with Crippen molar-refractivity contribution >= 4 is 21.6 Å². The van der Waals surface area contributed by atoms with Crippen LogP contribution in [-0.4, -0.2) is 52.2 Å². The van der Waals surface area contributed by atoms with E-state index in [1.165, 1.54) is 24.1 Å². The zero-order chi connectivity index (χ0) is 18.4. The van der Waals surface area contributed by atoms with Gasteiger partial charge in [0.05, 0.1) is 19.1 Å². The Labute approximate surface area is 150 Å². The van der Waals surface area contributed by atoms with Crippen LogP contribution in [0.3, 0.4) is 0 Å². The molecule has 6 nitrogen and oxygen atoms in total. The highest BCUT2D eigenvalue weighted by atomic mass is 32.2. The van der Waals surface area contributed by atoms with E-state index < -0.39 is 10.0 Å². The van der Waals surface area contributed by atoms with Gasteiger partial charge in [-0.25, -0.2) is 8.42 Å². The molecule has 0 aromatic heterocycles. The van der Waals surface area contributed by atoms with Gasteiger partial charge in [0.25, 0.3) is 0 Å². The summed E-state index contributed by atoms with van der Waals surface area (Å²) in [6, 6.07) is 7.02. The van der Waals surface area contributed by atoms with Crippen LogP contribution in [0.25, 0.3) is 0 Å². The summed E-state index contributed by atoms with van der Waals surface area (Å²) in [5, 5.41) is 0. The van der Waals surface area contributed by atoms with Crippen molar-refractivity contribution in [3.05, 3.63) is 24.3 Å². The largest absolute Gasteiger partial charge is 0.495 e. The van der Waals surface area contributed by atoms with Crippen LogP contribution in [0.15, 0.2) is 24.3 Å². The number of carbonyl (C=O) groups excluding carboxylic acids is 1. The van der Waals surface area contributed by atoms with Crippen molar-refractivity contribution in [2.24, 2.45) is 5.92 Å².